The number of hydrogen-bond acceptors (Lipinski definition) is 4. The first-order valence-electron chi connectivity index (χ1n) is 8.93. The van der Waals surface area contributed by atoms with Crippen molar-refractivity contribution in [3.05, 3.63) is 93.7 Å². The smallest absolute Gasteiger partial charge is 0.403 e. The zero-order chi connectivity index (χ0) is 24.3. The summed E-state index contributed by atoms with van der Waals surface area (Å²) in [6.07, 6.45) is -3.46. The largest absolute Gasteiger partial charge is 0.573 e. The Morgan fingerprint density at radius 3 is 2.39 bits per heavy atom. The molecule has 1 aromatic carbocycles. The van der Waals surface area contributed by atoms with E-state index >= 15 is 0 Å². The van der Waals surface area contributed by atoms with E-state index in [1.54, 1.807) is 0 Å². The Bertz CT molecular complexity index is 1230. The van der Waals surface area contributed by atoms with E-state index < -0.39 is 59.1 Å². The molecule has 0 fully saturated rings. The van der Waals surface area contributed by atoms with E-state index in [2.05, 4.69) is 15.0 Å². The first kappa shape index (κ1) is 23.8. The summed E-state index contributed by atoms with van der Waals surface area (Å²) in [5, 5.41) is 2.26. The van der Waals surface area contributed by atoms with Crippen LogP contribution in [0.15, 0.2) is 59.7 Å². The standard InChI is InChI=1S/C20H12F7N3O3/c21-12-2-1-7-28-17(12)16(10-3-5-14(13(22)8-10)33-20(25,26)27)29-18(32)11-4-6-15(31)30(9-11)19(23)24/h1-9,16,19H,(H,29,32)/t16-/m0/s1. The highest BCUT2D eigenvalue weighted by Crippen LogP contribution is 2.30. The number of carbonyl (C=O) groups is 1. The minimum absolute atomic E-state index is 0.0196. The normalized spacial score (nSPS) is 12.5. The third kappa shape index (κ3) is 5.67. The number of rotatable bonds is 6. The first-order valence-corrected chi connectivity index (χ1v) is 8.93. The molecule has 6 nitrogen and oxygen atoms in total. The van der Waals surface area contributed by atoms with E-state index in [9.17, 15) is 40.3 Å². The summed E-state index contributed by atoms with van der Waals surface area (Å²) in [6, 6.07) is 4.41. The van der Waals surface area contributed by atoms with Crippen LogP contribution in [0.1, 0.15) is 34.2 Å². The maximum Gasteiger partial charge on any atom is 0.573 e. The van der Waals surface area contributed by atoms with Crippen molar-refractivity contribution < 1.29 is 40.3 Å². The lowest BCUT2D eigenvalue weighted by Crippen LogP contribution is -2.32. The molecule has 2 heterocycles. The number of nitrogens with one attached hydrogen (secondary N) is 1. The van der Waals surface area contributed by atoms with Crippen molar-refractivity contribution in [1.29, 1.82) is 0 Å². The van der Waals surface area contributed by atoms with Crippen LogP contribution < -0.4 is 15.6 Å². The highest BCUT2D eigenvalue weighted by atomic mass is 19.4. The summed E-state index contributed by atoms with van der Waals surface area (Å²) in [6.45, 7) is -3.25. The van der Waals surface area contributed by atoms with Gasteiger partial charge in [-0.2, -0.15) is 8.78 Å². The van der Waals surface area contributed by atoms with E-state index in [0.29, 0.717) is 24.4 Å². The Morgan fingerprint density at radius 1 is 1.06 bits per heavy atom. The molecule has 3 aromatic rings. The summed E-state index contributed by atoms with van der Waals surface area (Å²) in [5.41, 5.74) is -2.17. The van der Waals surface area contributed by atoms with Crippen molar-refractivity contribution >= 4 is 5.91 Å². The number of pyridine rings is 2. The maximum absolute atomic E-state index is 14.4. The molecule has 0 aliphatic heterocycles. The number of alkyl halides is 5. The minimum Gasteiger partial charge on any atom is -0.403 e. The fourth-order valence-electron chi connectivity index (χ4n) is 2.83. The third-order valence-corrected chi connectivity index (χ3v) is 4.26. The van der Waals surface area contributed by atoms with Gasteiger partial charge in [0.1, 0.15) is 11.5 Å². The summed E-state index contributed by atoms with van der Waals surface area (Å²) >= 11 is 0. The molecule has 0 bridgehead atoms. The van der Waals surface area contributed by atoms with Crippen LogP contribution in [0.4, 0.5) is 30.7 Å². The van der Waals surface area contributed by atoms with Gasteiger partial charge in [0.15, 0.2) is 11.6 Å². The summed E-state index contributed by atoms with van der Waals surface area (Å²) in [4.78, 5) is 27.9. The SMILES string of the molecule is O=C(N[C@@H](c1ccc(OC(F)(F)F)c(F)c1)c1ncccc1F)c1ccc(=O)n(C(F)F)c1. The van der Waals surface area contributed by atoms with Gasteiger partial charge in [0.25, 0.3) is 11.5 Å². The molecule has 2 aromatic heterocycles. The number of ether oxygens (including phenoxy) is 1. The van der Waals surface area contributed by atoms with Gasteiger partial charge in [-0.05, 0) is 35.9 Å². The van der Waals surface area contributed by atoms with Crippen molar-refractivity contribution in [3.63, 3.8) is 0 Å². The molecule has 174 valence electrons. The molecule has 0 aliphatic carbocycles. The lowest BCUT2D eigenvalue weighted by atomic mass is 10.0. The van der Waals surface area contributed by atoms with Crippen LogP contribution in [0, 0.1) is 11.6 Å². The van der Waals surface area contributed by atoms with E-state index in [1.807, 2.05) is 0 Å². The van der Waals surface area contributed by atoms with Crippen molar-refractivity contribution in [2.45, 2.75) is 19.0 Å². The van der Waals surface area contributed by atoms with Gasteiger partial charge in [0, 0.05) is 18.5 Å². The van der Waals surface area contributed by atoms with Crippen LogP contribution in [0.5, 0.6) is 5.75 Å². The van der Waals surface area contributed by atoms with Crippen molar-refractivity contribution in [2.24, 2.45) is 0 Å². The molecule has 0 aliphatic rings. The highest BCUT2D eigenvalue weighted by molar-refractivity contribution is 5.94. The summed E-state index contributed by atoms with van der Waals surface area (Å²) in [5.74, 6) is -4.65. The predicted molar refractivity (Wildman–Crippen MR) is 98.5 cm³/mol. The monoisotopic (exact) mass is 475 g/mol. The number of aromatic nitrogens is 2. The second-order valence-electron chi connectivity index (χ2n) is 6.46. The zero-order valence-electron chi connectivity index (χ0n) is 16.1. The summed E-state index contributed by atoms with van der Waals surface area (Å²) in [7, 11) is 0. The Kier molecular flexibility index (Phi) is 6.70. The fourth-order valence-corrected chi connectivity index (χ4v) is 2.83. The predicted octanol–water partition coefficient (Wildman–Crippen LogP) is 4.33. The van der Waals surface area contributed by atoms with Gasteiger partial charge in [0.2, 0.25) is 0 Å². The molecule has 0 radical (unpaired) electrons. The first-order chi connectivity index (χ1) is 15.5. The van der Waals surface area contributed by atoms with Crippen molar-refractivity contribution in [2.75, 3.05) is 0 Å². The molecule has 0 saturated carbocycles. The number of hydrogen-bond donors (Lipinski definition) is 1. The van der Waals surface area contributed by atoms with E-state index in [-0.39, 0.29) is 10.1 Å². The lowest BCUT2D eigenvalue weighted by Gasteiger charge is -2.20. The molecule has 0 unspecified atom stereocenters. The van der Waals surface area contributed by atoms with Crippen molar-refractivity contribution in [1.82, 2.24) is 14.9 Å². The molecule has 0 saturated heterocycles. The number of carbonyl (C=O) groups excluding carboxylic acids is 1. The molecular formula is C20H12F7N3O3. The van der Waals surface area contributed by atoms with Gasteiger partial charge in [-0.25, -0.2) is 8.78 Å². The van der Waals surface area contributed by atoms with Crippen LogP contribution >= 0.6 is 0 Å². The number of amides is 1. The number of halogens is 7. The van der Waals surface area contributed by atoms with Crippen LogP contribution in [0.3, 0.4) is 0 Å². The van der Waals surface area contributed by atoms with Gasteiger partial charge in [-0.3, -0.25) is 19.1 Å². The Balaban J connectivity index is 2.01. The second-order valence-corrected chi connectivity index (χ2v) is 6.46. The Morgan fingerprint density at radius 2 is 1.79 bits per heavy atom. The van der Waals surface area contributed by atoms with Gasteiger partial charge in [0.05, 0.1) is 11.6 Å². The van der Waals surface area contributed by atoms with Crippen LogP contribution in [-0.4, -0.2) is 21.8 Å². The molecular weight excluding hydrogens is 463 g/mol. The van der Waals surface area contributed by atoms with Gasteiger partial charge in [-0.1, -0.05) is 6.07 Å². The fraction of sp³-hybridized carbons (Fsp3) is 0.150. The topological polar surface area (TPSA) is 73.2 Å². The van der Waals surface area contributed by atoms with Crippen molar-refractivity contribution in [3.8, 4) is 5.75 Å². The van der Waals surface area contributed by atoms with E-state index in [1.165, 1.54) is 6.07 Å². The van der Waals surface area contributed by atoms with Gasteiger partial charge >= 0.3 is 12.9 Å². The molecule has 3 rings (SSSR count). The Labute approximate surface area is 180 Å². The number of benzene rings is 1. The molecule has 33 heavy (non-hydrogen) atoms. The number of nitrogens with zero attached hydrogens (tertiary/aromatic N) is 2. The molecule has 1 atom stereocenters. The second kappa shape index (κ2) is 9.30. The minimum atomic E-state index is -5.17. The van der Waals surface area contributed by atoms with Crippen LogP contribution in [0.2, 0.25) is 0 Å². The van der Waals surface area contributed by atoms with E-state index in [0.717, 1.165) is 24.4 Å². The van der Waals surface area contributed by atoms with Gasteiger partial charge < -0.3 is 10.1 Å². The lowest BCUT2D eigenvalue weighted by molar-refractivity contribution is -0.275. The zero-order valence-corrected chi connectivity index (χ0v) is 16.1. The average Bonchev–Trinajstić information content (AvgIpc) is 2.73. The van der Waals surface area contributed by atoms with Crippen LogP contribution in [0.25, 0.3) is 0 Å². The maximum atomic E-state index is 14.4. The molecule has 1 N–H and O–H groups in total. The van der Waals surface area contributed by atoms with E-state index in [4.69, 9.17) is 0 Å². The third-order valence-electron chi connectivity index (χ3n) is 4.26. The average molecular weight is 475 g/mol. The molecule has 0 spiro atoms. The Hall–Kier alpha value is -3.90. The molecule has 13 heteroatoms. The molecule has 1 amide bonds. The highest BCUT2D eigenvalue weighted by Gasteiger charge is 2.33. The summed E-state index contributed by atoms with van der Waals surface area (Å²) < 4.78 is 95.2. The quantitative estimate of drug-likeness (QED) is 0.539. The van der Waals surface area contributed by atoms with Crippen LogP contribution in [-0.2, 0) is 0 Å². The van der Waals surface area contributed by atoms with Gasteiger partial charge in [-0.15, -0.1) is 13.2 Å².